The minimum atomic E-state index is 0.345. The van der Waals surface area contributed by atoms with Crippen LogP contribution in [0.25, 0.3) is 0 Å². The zero-order chi connectivity index (χ0) is 9.80. The average molecular weight is 198 g/mol. The van der Waals surface area contributed by atoms with Crippen molar-refractivity contribution in [3.63, 3.8) is 0 Å². The fraction of sp³-hybridized carbons (Fsp3) is 1.00. The zero-order valence-electron chi connectivity index (χ0n) is 8.91. The van der Waals surface area contributed by atoms with E-state index >= 15 is 0 Å². The molecule has 0 aromatic rings. The first kappa shape index (κ1) is 10.4. The van der Waals surface area contributed by atoms with Crippen molar-refractivity contribution >= 4 is 0 Å². The molecule has 0 saturated carbocycles. The Morgan fingerprint density at radius 3 is 2.86 bits per heavy atom. The molecule has 2 bridgehead atoms. The van der Waals surface area contributed by atoms with Crippen LogP contribution in [0.1, 0.15) is 32.1 Å². The highest BCUT2D eigenvalue weighted by Gasteiger charge is 2.28. The molecule has 0 radical (unpaired) electrons. The first-order chi connectivity index (χ1) is 6.88. The van der Waals surface area contributed by atoms with Crippen molar-refractivity contribution < 1.29 is 5.11 Å². The summed E-state index contributed by atoms with van der Waals surface area (Å²) >= 11 is 0. The molecule has 2 saturated heterocycles. The van der Waals surface area contributed by atoms with Gasteiger partial charge in [-0.05, 0) is 45.2 Å². The second-order valence-corrected chi connectivity index (χ2v) is 4.66. The maximum absolute atomic E-state index is 8.73. The van der Waals surface area contributed by atoms with Crippen molar-refractivity contribution in [2.75, 3.05) is 26.2 Å². The minimum Gasteiger partial charge on any atom is -0.396 e. The van der Waals surface area contributed by atoms with Gasteiger partial charge in [-0.3, -0.25) is 0 Å². The summed E-state index contributed by atoms with van der Waals surface area (Å²) < 4.78 is 0. The molecule has 0 aliphatic carbocycles. The van der Waals surface area contributed by atoms with E-state index in [9.17, 15) is 0 Å². The van der Waals surface area contributed by atoms with Gasteiger partial charge in [0, 0.05) is 25.2 Å². The first-order valence-electron chi connectivity index (χ1n) is 5.98. The topological polar surface area (TPSA) is 35.5 Å². The van der Waals surface area contributed by atoms with Crippen LogP contribution >= 0.6 is 0 Å². The molecule has 2 N–H and O–H groups in total. The highest BCUT2D eigenvalue weighted by atomic mass is 16.2. The van der Waals surface area contributed by atoms with E-state index in [0.29, 0.717) is 6.61 Å². The highest BCUT2D eigenvalue weighted by Crippen LogP contribution is 2.20. The molecule has 2 aliphatic heterocycles. The standard InChI is InChI=1S/C11H22N2O/c14-8-2-1-6-13-7-5-10-3-4-11(9-13)12-10/h10-12,14H,1-9H2. The van der Waals surface area contributed by atoms with Gasteiger partial charge in [-0.1, -0.05) is 0 Å². The number of aliphatic hydroxyl groups excluding tert-OH is 1. The summed E-state index contributed by atoms with van der Waals surface area (Å²) in [6.07, 6.45) is 6.16. The summed E-state index contributed by atoms with van der Waals surface area (Å²) in [5, 5.41) is 12.4. The van der Waals surface area contributed by atoms with E-state index in [0.717, 1.165) is 24.9 Å². The molecular weight excluding hydrogens is 176 g/mol. The Hall–Kier alpha value is -0.120. The Morgan fingerprint density at radius 1 is 1.14 bits per heavy atom. The lowest BCUT2D eigenvalue weighted by atomic mass is 10.1. The SMILES string of the molecule is OCCCCN1CCC2CCC(C1)N2. The third kappa shape index (κ3) is 2.69. The number of aliphatic hydroxyl groups is 1. The highest BCUT2D eigenvalue weighted by molar-refractivity contribution is 4.89. The lowest BCUT2D eigenvalue weighted by molar-refractivity contribution is 0.233. The molecule has 2 heterocycles. The first-order valence-corrected chi connectivity index (χ1v) is 5.98. The summed E-state index contributed by atoms with van der Waals surface area (Å²) in [5.41, 5.74) is 0. The monoisotopic (exact) mass is 198 g/mol. The maximum Gasteiger partial charge on any atom is 0.0431 e. The molecule has 14 heavy (non-hydrogen) atoms. The van der Waals surface area contributed by atoms with Gasteiger partial charge in [-0.25, -0.2) is 0 Å². The summed E-state index contributed by atoms with van der Waals surface area (Å²) in [4.78, 5) is 2.56. The Kier molecular flexibility index (Phi) is 3.79. The number of nitrogens with one attached hydrogen (secondary N) is 1. The van der Waals surface area contributed by atoms with Gasteiger partial charge in [0.2, 0.25) is 0 Å². The molecule has 0 spiro atoms. The molecule has 82 valence electrons. The normalized spacial score (nSPS) is 33.2. The molecule has 0 amide bonds. The number of hydrogen-bond donors (Lipinski definition) is 2. The largest absolute Gasteiger partial charge is 0.396 e. The Morgan fingerprint density at radius 2 is 2.00 bits per heavy atom. The van der Waals surface area contributed by atoms with Crippen LogP contribution in [0.3, 0.4) is 0 Å². The van der Waals surface area contributed by atoms with Crippen LogP contribution in [0.5, 0.6) is 0 Å². The number of rotatable bonds is 4. The molecular formula is C11H22N2O. The molecule has 2 unspecified atom stereocenters. The predicted molar refractivity (Wildman–Crippen MR) is 57.3 cm³/mol. The molecule has 3 nitrogen and oxygen atoms in total. The lowest BCUT2D eigenvalue weighted by Gasteiger charge is -2.23. The van der Waals surface area contributed by atoms with Crippen molar-refractivity contribution in [1.29, 1.82) is 0 Å². The van der Waals surface area contributed by atoms with Crippen LogP contribution in [0.15, 0.2) is 0 Å². The smallest absolute Gasteiger partial charge is 0.0431 e. The summed E-state index contributed by atoms with van der Waals surface area (Å²) in [7, 11) is 0. The third-order valence-electron chi connectivity index (χ3n) is 3.49. The van der Waals surface area contributed by atoms with Crippen LogP contribution in [0.2, 0.25) is 0 Å². The molecule has 3 heteroatoms. The van der Waals surface area contributed by atoms with E-state index in [2.05, 4.69) is 10.2 Å². The second kappa shape index (κ2) is 5.10. The van der Waals surface area contributed by atoms with E-state index in [1.807, 2.05) is 0 Å². The predicted octanol–water partition coefficient (Wildman–Crippen LogP) is 0.585. The number of nitrogens with zero attached hydrogens (tertiary/aromatic N) is 1. The van der Waals surface area contributed by atoms with Crippen molar-refractivity contribution in [2.45, 2.75) is 44.2 Å². The number of fused-ring (bicyclic) bond motifs is 2. The molecule has 0 aromatic carbocycles. The number of unbranched alkanes of at least 4 members (excludes halogenated alkanes) is 1. The quantitative estimate of drug-likeness (QED) is 0.649. The van der Waals surface area contributed by atoms with Gasteiger partial charge in [0.15, 0.2) is 0 Å². The van der Waals surface area contributed by atoms with Crippen molar-refractivity contribution in [3.8, 4) is 0 Å². The van der Waals surface area contributed by atoms with E-state index in [1.165, 1.54) is 38.9 Å². The Labute approximate surface area is 86.5 Å². The van der Waals surface area contributed by atoms with Gasteiger partial charge in [0.25, 0.3) is 0 Å². The Balaban J connectivity index is 1.72. The third-order valence-corrected chi connectivity index (χ3v) is 3.49. The van der Waals surface area contributed by atoms with Gasteiger partial charge >= 0.3 is 0 Å². The van der Waals surface area contributed by atoms with Crippen LogP contribution < -0.4 is 5.32 Å². The zero-order valence-corrected chi connectivity index (χ0v) is 8.91. The van der Waals surface area contributed by atoms with Crippen LogP contribution in [0.4, 0.5) is 0 Å². The van der Waals surface area contributed by atoms with Crippen LogP contribution in [0, 0.1) is 0 Å². The van der Waals surface area contributed by atoms with E-state index < -0.39 is 0 Å². The lowest BCUT2D eigenvalue weighted by Crippen LogP contribution is -2.35. The van der Waals surface area contributed by atoms with Crippen molar-refractivity contribution in [3.05, 3.63) is 0 Å². The van der Waals surface area contributed by atoms with E-state index in [1.54, 1.807) is 0 Å². The van der Waals surface area contributed by atoms with E-state index in [-0.39, 0.29) is 0 Å². The Bertz CT molecular complexity index is 175. The fourth-order valence-electron chi connectivity index (χ4n) is 2.67. The summed E-state index contributed by atoms with van der Waals surface area (Å²) in [5.74, 6) is 0. The molecule has 0 aromatic heterocycles. The fourth-order valence-corrected chi connectivity index (χ4v) is 2.67. The molecule has 2 aliphatic rings. The van der Waals surface area contributed by atoms with Gasteiger partial charge in [0.05, 0.1) is 0 Å². The second-order valence-electron chi connectivity index (χ2n) is 4.66. The maximum atomic E-state index is 8.73. The summed E-state index contributed by atoms with van der Waals surface area (Å²) in [6, 6.07) is 1.54. The average Bonchev–Trinajstić information content (AvgIpc) is 2.50. The van der Waals surface area contributed by atoms with Gasteiger partial charge in [-0.15, -0.1) is 0 Å². The minimum absolute atomic E-state index is 0.345. The van der Waals surface area contributed by atoms with Gasteiger partial charge in [0.1, 0.15) is 0 Å². The molecule has 2 atom stereocenters. The van der Waals surface area contributed by atoms with Gasteiger partial charge < -0.3 is 15.3 Å². The summed E-state index contributed by atoms with van der Waals surface area (Å²) in [6.45, 7) is 3.99. The number of hydrogen-bond acceptors (Lipinski definition) is 3. The van der Waals surface area contributed by atoms with Crippen molar-refractivity contribution in [2.24, 2.45) is 0 Å². The van der Waals surface area contributed by atoms with Crippen LogP contribution in [-0.2, 0) is 0 Å². The van der Waals surface area contributed by atoms with E-state index in [4.69, 9.17) is 5.11 Å². The van der Waals surface area contributed by atoms with Gasteiger partial charge in [-0.2, -0.15) is 0 Å². The van der Waals surface area contributed by atoms with Crippen LogP contribution in [-0.4, -0.2) is 48.3 Å². The van der Waals surface area contributed by atoms with Crippen molar-refractivity contribution in [1.82, 2.24) is 10.2 Å². The number of likely N-dealkylation sites (tertiary alicyclic amines) is 1. The molecule has 2 fully saturated rings. The molecule has 2 rings (SSSR count).